The van der Waals surface area contributed by atoms with Crippen LogP contribution in [0.25, 0.3) is 0 Å². The Morgan fingerprint density at radius 1 is 1.50 bits per heavy atom. The van der Waals surface area contributed by atoms with E-state index in [0.717, 1.165) is 36.7 Å². The Kier molecular flexibility index (Phi) is 5.22. The number of aromatic nitrogens is 2. The van der Waals surface area contributed by atoms with Crippen LogP contribution in [0.1, 0.15) is 44.6 Å². The monoisotopic (exact) mass is 297 g/mol. The second kappa shape index (κ2) is 6.72. The summed E-state index contributed by atoms with van der Waals surface area (Å²) in [4.78, 5) is 11.4. The predicted octanol–water partition coefficient (Wildman–Crippen LogP) is 3.20. The number of halogens is 1. The molecule has 1 saturated heterocycles. The molecule has 1 aliphatic rings. The quantitative estimate of drug-likeness (QED) is 0.800. The van der Waals surface area contributed by atoms with Gasteiger partial charge in [-0.2, -0.15) is 0 Å². The Balaban J connectivity index is 2.23. The largest absolute Gasteiger partial charge is 0.379 e. The summed E-state index contributed by atoms with van der Waals surface area (Å²) in [6, 6.07) is 0. The Morgan fingerprint density at radius 2 is 2.25 bits per heavy atom. The lowest BCUT2D eigenvalue weighted by Gasteiger charge is -2.38. The van der Waals surface area contributed by atoms with Gasteiger partial charge in [-0.1, -0.05) is 20.8 Å². The smallest absolute Gasteiger partial charge is 0.131 e. The van der Waals surface area contributed by atoms with Gasteiger partial charge in [0, 0.05) is 26.1 Å². The molecule has 2 unspecified atom stereocenters. The van der Waals surface area contributed by atoms with Gasteiger partial charge in [-0.3, -0.25) is 0 Å². The molecule has 0 spiro atoms. The fraction of sp³-hybridized carbons (Fsp3) is 0.733. The molecule has 4 nitrogen and oxygen atoms in total. The molecule has 0 amide bonds. The highest BCUT2D eigenvalue weighted by Gasteiger charge is 2.27. The van der Waals surface area contributed by atoms with Crippen LogP contribution in [0.15, 0.2) is 6.20 Å². The maximum absolute atomic E-state index is 6.08. The maximum atomic E-state index is 6.08. The Bertz CT molecular complexity index is 453. The molecule has 1 aromatic rings. The van der Waals surface area contributed by atoms with Gasteiger partial charge in [-0.15, -0.1) is 11.6 Å². The molecule has 2 atom stereocenters. The van der Waals surface area contributed by atoms with Crippen LogP contribution in [-0.4, -0.2) is 36.3 Å². The first kappa shape index (κ1) is 15.5. The van der Waals surface area contributed by atoms with E-state index < -0.39 is 0 Å². The van der Waals surface area contributed by atoms with Gasteiger partial charge in [-0.05, 0) is 12.3 Å². The summed E-state index contributed by atoms with van der Waals surface area (Å²) in [6.45, 7) is 8.32. The molecule has 1 aliphatic heterocycles. The molecule has 2 rings (SSSR count). The molecule has 0 N–H and O–H groups in total. The first-order valence-corrected chi connectivity index (χ1v) is 7.79. The average molecular weight is 298 g/mol. The Hall–Kier alpha value is -0.870. The zero-order valence-corrected chi connectivity index (χ0v) is 13.5. The fourth-order valence-electron chi connectivity index (χ4n) is 2.63. The van der Waals surface area contributed by atoms with E-state index in [-0.39, 0.29) is 6.10 Å². The van der Waals surface area contributed by atoms with Gasteiger partial charge in [0.1, 0.15) is 5.82 Å². The molecule has 0 aliphatic carbocycles. The van der Waals surface area contributed by atoms with Gasteiger partial charge >= 0.3 is 0 Å². The van der Waals surface area contributed by atoms with Crippen LogP contribution in [0.4, 0.5) is 5.69 Å². The minimum atomic E-state index is 0.261. The number of rotatable bonds is 4. The van der Waals surface area contributed by atoms with Crippen molar-refractivity contribution in [2.75, 3.05) is 25.1 Å². The van der Waals surface area contributed by atoms with Crippen molar-refractivity contribution in [3.8, 4) is 0 Å². The van der Waals surface area contributed by atoms with Crippen molar-refractivity contribution in [3.05, 3.63) is 17.7 Å². The van der Waals surface area contributed by atoms with Crippen molar-refractivity contribution < 1.29 is 4.74 Å². The van der Waals surface area contributed by atoms with Gasteiger partial charge in [0.05, 0.1) is 29.6 Å². The highest BCUT2D eigenvalue weighted by molar-refractivity contribution is 6.17. The van der Waals surface area contributed by atoms with Gasteiger partial charge in [-0.25, -0.2) is 9.97 Å². The topological polar surface area (TPSA) is 38.2 Å². The minimum absolute atomic E-state index is 0.261. The number of nitrogens with zero attached hydrogens (tertiary/aromatic N) is 3. The minimum Gasteiger partial charge on any atom is -0.379 e. The Morgan fingerprint density at radius 3 is 2.85 bits per heavy atom. The van der Waals surface area contributed by atoms with Gasteiger partial charge in [0.2, 0.25) is 0 Å². The zero-order chi connectivity index (χ0) is 14.7. The second-order valence-electron chi connectivity index (χ2n) is 5.83. The number of alkyl halides is 1. The molecular formula is C15H24ClN3O. The van der Waals surface area contributed by atoms with Crippen molar-refractivity contribution in [2.24, 2.45) is 5.92 Å². The first-order chi connectivity index (χ1) is 9.56. The van der Waals surface area contributed by atoms with Crippen LogP contribution in [0.5, 0.6) is 0 Å². The van der Waals surface area contributed by atoms with Crippen LogP contribution in [0, 0.1) is 5.92 Å². The van der Waals surface area contributed by atoms with E-state index in [1.807, 2.05) is 6.20 Å². The third kappa shape index (κ3) is 3.23. The molecule has 2 heterocycles. The molecule has 112 valence electrons. The van der Waals surface area contributed by atoms with E-state index >= 15 is 0 Å². The van der Waals surface area contributed by atoms with Gasteiger partial charge in [0.25, 0.3) is 0 Å². The van der Waals surface area contributed by atoms with E-state index in [9.17, 15) is 0 Å². The van der Waals surface area contributed by atoms with E-state index in [4.69, 9.17) is 16.3 Å². The molecule has 1 fully saturated rings. The number of piperidine rings is 1. The average Bonchev–Trinajstić information content (AvgIpc) is 2.47. The van der Waals surface area contributed by atoms with E-state index in [2.05, 4.69) is 35.6 Å². The summed E-state index contributed by atoms with van der Waals surface area (Å²) in [6.07, 6.45) is 3.30. The summed E-state index contributed by atoms with van der Waals surface area (Å²) < 4.78 is 5.58. The van der Waals surface area contributed by atoms with Gasteiger partial charge in [0.15, 0.2) is 0 Å². The summed E-state index contributed by atoms with van der Waals surface area (Å²) in [5, 5.41) is 0. The number of anilines is 1. The Labute approximate surface area is 126 Å². The summed E-state index contributed by atoms with van der Waals surface area (Å²) >= 11 is 6.08. The summed E-state index contributed by atoms with van der Waals surface area (Å²) in [5.41, 5.74) is 1.98. The highest BCUT2D eigenvalue weighted by atomic mass is 35.5. The number of methoxy groups -OCH3 is 1. The molecule has 0 bridgehead atoms. The normalized spacial score (nSPS) is 23.4. The van der Waals surface area contributed by atoms with Crippen molar-refractivity contribution in [1.29, 1.82) is 0 Å². The van der Waals surface area contributed by atoms with Crippen LogP contribution < -0.4 is 4.90 Å². The molecule has 5 heteroatoms. The van der Waals surface area contributed by atoms with E-state index in [0.29, 0.717) is 17.7 Å². The van der Waals surface area contributed by atoms with Crippen molar-refractivity contribution in [3.63, 3.8) is 0 Å². The summed E-state index contributed by atoms with van der Waals surface area (Å²) in [7, 11) is 1.78. The van der Waals surface area contributed by atoms with Crippen molar-refractivity contribution in [1.82, 2.24) is 9.97 Å². The lowest BCUT2D eigenvalue weighted by molar-refractivity contribution is 0.0498. The number of hydrogen-bond acceptors (Lipinski definition) is 4. The molecule has 20 heavy (non-hydrogen) atoms. The first-order valence-electron chi connectivity index (χ1n) is 7.26. The van der Waals surface area contributed by atoms with Crippen molar-refractivity contribution >= 4 is 17.3 Å². The van der Waals surface area contributed by atoms with Gasteiger partial charge < -0.3 is 9.64 Å². The molecule has 0 saturated carbocycles. The van der Waals surface area contributed by atoms with Crippen LogP contribution in [0.3, 0.4) is 0 Å². The summed E-state index contributed by atoms with van der Waals surface area (Å²) in [5.74, 6) is 2.19. The van der Waals surface area contributed by atoms with E-state index in [1.54, 1.807) is 7.11 Å². The molecule has 0 aromatic carbocycles. The SMILES string of the molecule is COC1CN(c2cnc(C(C)C)nc2CCl)CCC1C. The van der Waals surface area contributed by atoms with Crippen LogP contribution in [-0.2, 0) is 10.6 Å². The highest BCUT2D eigenvalue weighted by Crippen LogP contribution is 2.28. The predicted molar refractivity (Wildman–Crippen MR) is 82.5 cm³/mol. The second-order valence-corrected chi connectivity index (χ2v) is 6.10. The number of hydrogen-bond donors (Lipinski definition) is 0. The molecular weight excluding hydrogens is 274 g/mol. The standard InChI is InChI=1S/C15H24ClN3O/c1-10(2)15-17-8-13(12(7-16)18-15)19-6-5-11(3)14(9-19)20-4/h8,10-11,14H,5-7,9H2,1-4H3. The third-order valence-electron chi connectivity index (χ3n) is 4.04. The zero-order valence-electron chi connectivity index (χ0n) is 12.8. The lowest BCUT2D eigenvalue weighted by Crippen LogP contribution is -2.44. The van der Waals surface area contributed by atoms with E-state index in [1.165, 1.54) is 0 Å². The fourth-order valence-corrected chi connectivity index (χ4v) is 2.82. The van der Waals surface area contributed by atoms with Crippen molar-refractivity contribution in [2.45, 2.75) is 45.1 Å². The van der Waals surface area contributed by atoms with Crippen LogP contribution in [0.2, 0.25) is 0 Å². The molecule has 0 radical (unpaired) electrons. The lowest BCUT2D eigenvalue weighted by atomic mass is 9.95. The third-order valence-corrected chi connectivity index (χ3v) is 4.29. The number of ether oxygens (including phenoxy) is 1. The molecule has 1 aromatic heterocycles. The van der Waals surface area contributed by atoms with Crippen LogP contribution >= 0.6 is 11.6 Å². The maximum Gasteiger partial charge on any atom is 0.131 e.